The van der Waals surface area contributed by atoms with Gasteiger partial charge < -0.3 is 5.32 Å². The Morgan fingerprint density at radius 3 is 2.36 bits per heavy atom. The maximum absolute atomic E-state index is 12.7. The van der Waals surface area contributed by atoms with E-state index in [1.165, 1.54) is 12.1 Å². The highest BCUT2D eigenvalue weighted by atomic mass is 35.5. The molecule has 0 saturated heterocycles. The van der Waals surface area contributed by atoms with E-state index in [1.807, 2.05) is 0 Å². The van der Waals surface area contributed by atoms with Crippen LogP contribution in [-0.4, -0.2) is 11.9 Å². The van der Waals surface area contributed by atoms with E-state index in [1.54, 1.807) is 24.3 Å². The summed E-state index contributed by atoms with van der Waals surface area (Å²) in [5.41, 5.74) is 0.558. The molecule has 1 fully saturated rings. The van der Waals surface area contributed by atoms with E-state index < -0.39 is 11.7 Å². The first-order valence-electron chi connectivity index (χ1n) is 8.09. The highest BCUT2D eigenvalue weighted by molar-refractivity contribution is 6.33. The number of alkyl halides is 3. The largest absolute Gasteiger partial charge is 0.416 e. The van der Waals surface area contributed by atoms with Crippen molar-refractivity contribution in [1.29, 1.82) is 0 Å². The van der Waals surface area contributed by atoms with Gasteiger partial charge in [-0.2, -0.15) is 13.2 Å². The van der Waals surface area contributed by atoms with Gasteiger partial charge in [-0.1, -0.05) is 42.3 Å². The lowest BCUT2D eigenvalue weighted by molar-refractivity contribution is -0.137. The molecule has 1 aliphatic carbocycles. The highest BCUT2D eigenvalue weighted by Crippen LogP contribution is 2.37. The number of halogens is 4. The summed E-state index contributed by atoms with van der Waals surface area (Å²) in [7, 11) is 0. The maximum Gasteiger partial charge on any atom is 0.416 e. The molecule has 0 radical (unpaired) electrons. The average Bonchev–Trinajstić information content (AvgIpc) is 3.02. The zero-order chi connectivity index (χ0) is 18.0. The first-order valence-corrected chi connectivity index (χ1v) is 8.46. The minimum absolute atomic E-state index is 0.00808. The third-order valence-electron chi connectivity index (χ3n) is 4.62. The normalized spacial score (nSPS) is 20.5. The van der Waals surface area contributed by atoms with Crippen molar-refractivity contribution in [1.82, 2.24) is 5.32 Å². The van der Waals surface area contributed by atoms with Crippen molar-refractivity contribution in [2.75, 3.05) is 0 Å². The lowest BCUT2D eigenvalue weighted by atomic mass is 9.93. The average molecular weight is 368 g/mol. The Kier molecular flexibility index (Phi) is 5.04. The number of hydrogen-bond donors (Lipinski definition) is 1. The van der Waals surface area contributed by atoms with E-state index in [0.29, 0.717) is 10.6 Å². The van der Waals surface area contributed by atoms with Gasteiger partial charge in [-0.25, -0.2) is 0 Å². The number of carbonyl (C=O) groups excluding carboxylic acids is 1. The Balaban J connectivity index is 1.75. The fourth-order valence-corrected chi connectivity index (χ4v) is 3.56. The lowest BCUT2D eigenvalue weighted by Gasteiger charge is -2.22. The van der Waals surface area contributed by atoms with Crippen LogP contribution < -0.4 is 5.32 Å². The van der Waals surface area contributed by atoms with Crippen LogP contribution in [0.15, 0.2) is 48.5 Å². The van der Waals surface area contributed by atoms with E-state index in [9.17, 15) is 18.0 Å². The number of carbonyl (C=O) groups is 1. The molecule has 2 aromatic carbocycles. The second kappa shape index (κ2) is 7.08. The summed E-state index contributed by atoms with van der Waals surface area (Å²) in [6.45, 7) is 0. The summed E-state index contributed by atoms with van der Waals surface area (Å²) in [6.07, 6.45) is -1.80. The minimum Gasteiger partial charge on any atom is -0.349 e. The summed E-state index contributed by atoms with van der Waals surface area (Å²) < 4.78 is 38.1. The monoisotopic (exact) mass is 367 g/mol. The van der Waals surface area contributed by atoms with E-state index >= 15 is 0 Å². The maximum atomic E-state index is 12.7. The molecule has 1 saturated carbocycles. The fraction of sp³-hybridized carbons (Fsp3) is 0.316. The van der Waals surface area contributed by atoms with Crippen LogP contribution in [0.2, 0.25) is 5.02 Å². The molecule has 2 aromatic rings. The molecule has 0 spiro atoms. The van der Waals surface area contributed by atoms with Crippen LogP contribution in [0.4, 0.5) is 13.2 Å². The van der Waals surface area contributed by atoms with Gasteiger partial charge in [0.1, 0.15) is 0 Å². The molecule has 0 aliphatic heterocycles. The fourth-order valence-electron chi connectivity index (χ4n) is 3.34. The van der Waals surface area contributed by atoms with Crippen LogP contribution in [-0.2, 0) is 6.18 Å². The molecule has 0 aromatic heterocycles. The second-order valence-electron chi connectivity index (χ2n) is 6.22. The molecule has 2 atom stereocenters. The number of hydrogen-bond acceptors (Lipinski definition) is 1. The second-order valence-corrected chi connectivity index (χ2v) is 6.62. The molecule has 2 nitrogen and oxygen atoms in total. The third kappa shape index (κ3) is 3.98. The van der Waals surface area contributed by atoms with Crippen molar-refractivity contribution >= 4 is 17.5 Å². The molecule has 25 heavy (non-hydrogen) atoms. The van der Waals surface area contributed by atoms with Crippen molar-refractivity contribution in [3.8, 4) is 0 Å². The van der Waals surface area contributed by atoms with Crippen LogP contribution in [0.1, 0.15) is 46.7 Å². The van der Waals surface area contributed by atoms with Crippen molar-refractivity contribution in [3.63, 3.8) is 0 Å². The van der Waals surface area contributed by atoms with Gasteiger partial charge in [-0.05, 0) is 42.7 Å². The lowest BCUT2D eigenvalue weighted by Crippen LogP contribution is -2.36. The molecule has 3 rings (SSSR count). The first kappa shape index (κ1) is 17.8. The van der Waals surface area contributed by atoms with Gasteiger partial charge in [0, 0.05) is 12.0 Å². The van der Waals surface area contributed by atoms with Crippen molar-refractivity contribution in [2.45, 2.75) is 37.4 Å². The predicted octanol–water partition coefficient (Wildman–Crippen LogP) is 5.42. The van der Waals surface area contributed by atoms with E-state index in [2.05, 4.69) is 5.32 Å². The van der Waals surface area contributed by atoms with Crippen LogP contribution in [0.25, 0.3) is 0 Å². The Morgan fingerprint density at radius 1 is 1.04 bits per heavy atom. The summed E-state index contributed by atoms with van der Waals surface area (Å²) in [5, 5.41) is 3.36. The molecular weight excluding hydrogens is 351 g/mol. The molecule has 1 aliphatic rings. The topological polar surface area (TPSA) is 29.1 Å². The quantitative estimate of drug-likeness (QED) is 0.770. The van der Waals surface area contributed by atoms with E-state index in [-0.39, 0.29) is 17.9 Å². The van der Waals surface area contributed by atoms with Gasteiger partial charge in [0.15, 0.2) is 0 Å². The number of amides is 1. The van der Waals surface area contributed by atoms with Gasteiger partial charge in [0.2, 0.25) is 0 Å². The van der Waals surface area contributed by atoms with Gasteiger partial charge >= 0.3 is 6.18 Å². The molecule has 6 heteroatoms. The third-order valence-corrected chi connectivity index (χ3v) is 4.95. The Labute approximate surface area is 149 Å². The highest BCUT2D eigenvalue weighted by Gasteiger charge is 2.33. The SMILES string of the molecule is O=C(N[C@@H]1CCC[C@H]1c1ccc(C(F)(F)F)cc1)c1ccccc1Cl. The predicted molar refractivity (Wildman–Crippen MR) is 90.7 cm³/mol. The molecular formula is C19H17ClF3NO. The van der Waals surface area contributed by atoms with Crippen LogP contribution in [0, 0.1) is 0 Å². The van der Waals surface area contributed by atoms with E-state index in [0.717, 1.165) is 37.0 Å². The molecule has 1 N–H and O–H groups in total. The Hall–Kier alpha value is -2.01. The first-order chi connectivity index (χ1) is 11.9. The smallest absolute Gasteiger partial charge is 0.349 e. The van der Waals surface area contributed by atoms with Crippen molar-refractivity contribution < 1.29 is 18.0 Å². The molecule has 132 valence electrons. The minimum atomic E-state index is -4.34. The van der Waals surface area contributed by atoms with Crippen molar-refractivity contribution in [2.24, 2.45) is 0 Å². The Morgan fingerprint density at radius 2 is 1.72 bits per heavy atom. The number of rotatable bonds is 3. The van der Waals surface area contributed by atoms with Gasteiger partial charge in [-0.3, -0.25) is 4.79 Å². The van der Waals surface area contributed by atoms with Gasteiger partial charge in [0.25, 0.3) is 5.91 Å². The van der Waals surface area contributed by atoms with Gasteiger partial charge in [-0.15, -0.1) is 0 Å². The van der Waals surface area contributed by atoms with Crippen LogP contribution in [0.3, 0.4) is 0 Å². The zero-order valence-corrected chi connectivity index (χ0v) is 14.1. The molecule has 0 bridgehead atoms. The summed E-state index contributed by atoms with van der Waals surface area (Å²) in [4.78, 5) is 12.4. The molecule has 0 heterocycles. The van der Waals surface area contributed by atoms with Crippen molar-refractivity contribution in [3.05, 3.63) is 70.2 Å². The number of benzene rings is 2. The molecule has 1 amide bonds. The van der Waals surface area contributed by atoms with E-state index in [4.69, 9.17) is 11.6 Å². The number of nitrogens with one attached hydrogen (secondary N) is 1. The summed E-state index contributed by atoms with van der Waals surface area (Å²) in [5.74, 6) is -0.247. The summed E-state index contributed by atoms with van der Waals surface area (Å²) in [6, 6.07) is 11.9. The van der Waals surface area contributed by atoms with Gasteiger partial charge in [0.05, 0.1) is 16.1 Å². The summed E-state index contributed by atoms with van der Waals surface area (Å²) >= 11 is 6.05. The zero-order valence-electron chi connectivity index (χ0n) is 13.3. The molecule has 0 unspecified atom stereocenters. The standard InChI is InChI=1S/C19H17ClF3NO/c20-16-6-2-1-4-15(16)18(25)24-17-7-3-5-14(17)12-8-10-13(11-9-12)19(21,22)23/h1-2,4,6,8-11,14,17H,3,5,7H2,(H,24,25)/t14-,17+/m0/s1. The van der Waals surface area contributed by atoms with Crippen LogP contribution >= 0.6 is 11.6 Å². The Bertz CT molecular complexity index is 758. The van der Waals surface area contributed by atoms with Crippen LogP contribution in [0.5, 0.6) is 0 Å².